The lowest BCUT2D eigenvalue weighted by Crippen LogP contribution is -2.58. The van der Waals surface area contributed by atoms with Crippen molar-refractivity contribution >= 4 is 17.7 Å². The number of amides is 3. The second-order valence-corrected chi connectivity index (χ2v) is 9.30. The number of hydrogen-bond donors (Lipinski definition) is 1. The van der Waals surface area contributed by atoms with Crippen LogP contribution in [-0.2, 0) is 19.1 Å². The van der Waals surface area contributed by atoms with Gasteiger partial charge in [-0.3, -0.25) is 14.4 Å². The molecule has 2 fully saturated rings. The quantitative estimate of drug-likeness (QED) is 0.643. The lowest BCUT2D eigenvalue weighted by molar-refractivity contribution is -0.151. The number of aliphatic hydroxyl groups excluding tert-OH is 1. The maximum Gasteiger partial charge on any atom is 0.249 e. The van der Waals surface area contributed by atoms with Gasteiger partial charge < -0.3 is 24.5 Å². The summed E-state index contributed by atoms with van der Waals surface area (Å²) in [4.78, 5) is 45.8. The zero-order chi connectivity index (χ0) is 22.5. The van der Waals surface area contributed by atoms with Crippen molar-refractivity contribution in [2.45, 2.75) is 63.4 Å². The molecule has 4 aliphatic rings. The topological polar surface area (TPSA) is 90.4 Å². The van der Waals surface area contributed by atoms with Crippen LogP contribution < -0.4 is 0 Å². The Hall–Kier alpha value is -2.19. The van der Waals surface area contributed by atoms with Gasteiger partial charge in [0, 0.05) is 26.2 Å². The Morgan fingerprint density at radius 2 is 1.87 bits per heavy atom. The van der Waals surface area contributed by atoms with E-state index in [1.165, 1.54) is 4.90 Å². The molecular formula is C23H33N3O5. The molecule has 0 bridgehead atoms. The van der Waals surface area contributed by atoms with Crippen molar-refractivity contribution in [2.24, 2.45) is 11.8 Å². The third-order valence-corrected chi connectivity index (χ3v) is 7.31. The Kier molecular flexibility index (Phi) is 5.72. The zero-order valence-electron chi connectivity index (χ0n) is 18.7. The largest absolute Gasteiger partial charge is 0.394 e. The number of fused-ring (bicyclic) bond motifs is 2. The van der Waals surface area contributed by atoms with Gasteiger partial charge in [-0.1, -0.05) is 37.6 Å². The van der Waals surface area contributed by atoms with Crippen molar-refractivity contribution in [2.75, 3.05) is 26.7 Å². The Morgan fingerprint density at radius 3 is 2.55 bits per heavy atom. The average molecular weight is 432 g/mol. The fourth-order valence-electron chi connectivity index (χ4n) is 5.75. The first-order valence-corrected chi connectivity index (χ1v) is 11.3. The van der Waals surface area contributed by atoms with E-state index in [4.69, 9.17) is 4.74 Å². The molecule has 0 radical (unpaired) electrons. The molecule has 4 heterocycles. The molecule has 0 aliphatic carbocycles. The Morgan fingerprint density at radius 1 is 1.13 bits per heavy atom. The molecule has 0 aromatic carbocycles. The summed E-state index contributed by atoms with van der Waals surface area (Å²) in [6, 6.07) is -1.45. The van der Waals surface area contributed by atoms with Crippen LogP contribution in [0.4, 0.5) is 0 Å². The van der Waals surface area contributed by atoms with Crippen LogP contribution in [0.3, 0.4) is 0 Å². The first-order valence-electron chi connectivity index (χ1n) is 11.3. The molecule has 2 unspecified atom stereocenters. The molecule has 8 nitrogen and oxygen atoms in total. The second kappa shape index (κ2) is 8.06. The highest BCUT2D eigenvalue weighted by molar-refractivity contribution is 6.00. The summed E-state index contributed by atoms with van der Waals surface area (Å²) in [7, 11) is 1.72. The number of hydrogen-bond acceptors (Lipinski definition) is 5. The normalized spacial score (nSPS) is 36.8. The lowest BCUT2D eigenvalue weighted by atomic mass is 9.77. The molecule has 3 amide bonds. The van der Waals surface area contributed by atoms with Crippen LogP contribution in [0, 0.1) is 11.8 Å². The third-order valence-electron chi connectivity index (χ3n) is 7.31. The highest BCUT2D eigenvalue weighted by Gasteiger charge is 2.72. The van der Waals surface area contributed by atoms with Gasteiger partial charge in [0.15, 0.2) is 0 Å². The first-order chi connectivity index (χ1) is 14.8. The zero-order valence-corrected chi connectivity index (χ0v) is 18.7. The van der Waals surface area contributed by atoms with Crippen LogP contribution >= 0.6 is 0 Å². The molecule has 1 spiro atoms. The molecule has 0 saturated carbocycles. The van der Waals surface area contributed by atoms with E-state index in [0.29, 0.717) is 13.1 Å². The Labute approximate surface area is 183 Å². The summed E-state index contributed by atoms with van der Waals surface area (Å²) in [6.07, 6.45) is 8.71. The number of ether oxygens (including phenoxy) is 1. The van der Waals surface area contributed by atoms with Gasteiger partial charge in [0.05, 0.1) is 30.6 Å². The van der Waals surface area contributed by atoms with E-state index >= 15 is 0 Å². The number of likely N-dealkylation sites (N-methyl/N-ethyl adjacent to an activating group) is 1. The van der Waals surface area contributed by atoms with Gasteiger partial charge in [0.2, 0.25) is 17.7 Å². The highest BCUT2D eigenvalue weighted by Crippen LogP contribution is 2.53. The summed E-state index contributed by atoms with van der Waals surface area (Å²) in [5.74, 6) is -2.10. The first kappa shape index (κ1) is 22.0. The number of nitrogens with zero attached hydrogens (tertiary/aromatic N) is 3. The van der Waals surface area contributed by atoms with Gasteiger partial charge in [-0.2, -0.15) is 0 Å². The van der Waals surface area contributed by atoms with E-state index in [9.17, 15) is 19.5 Å². The summed E-state index contributed by atoms with van der Waals surface area (Å²) in [5.41, 5.74) is -1.22. The molecule has 170 valence electrons. The van der Waals surface area contributed by atoms with Gasteiger partial charge in [-0.15, -0.1) is 0 Å². The molecule has 4 rings (SSSR count). The van der Waals surface area contributed by atoms with Crippen LogP contribution in [0.25, 0.3) is 0 Å². The van der Waals surface area contributed by atoms with E-state index in [-0.39, 0.29) is 30.4 Å². The van der Waals surface area contributed by atoms with Gasteiger partial charge in [-0.25, -0.2) is 0 Å². The molecule has 0 aromatic heterocycles. The van der Waals surface area contributed by atoms with Gasteiger partial charge in [0.25, 0.3) is 0 Å². The maximum absolute atomic E-state index is 13.9. The Bertz CT molecular complexity index is 826. The van der Waals surface area contributed by atoms with E-state index in [0.717, 1.165) is 12.8 Å². The molecule has 8 heteroatoms. The number of likely N-dealkylation sites (tertiary alicyclic amines) is 1. The predicted molar refractivity (Wildman–Crippen MR) is 114 cm³/mol. The summed E-state index contributed by atoms with van der Waals surface area (Å²) in [6.45, 7) is 6.44. The monoisotopic (exact) mass is 431 g/mol. The molecular weight excluding hydrogens is 398 g/mol. The van der Waals surface area contributed by atoms with Crippen molar-refractivity contribution in [3.63, 3.8) is 0 Å². The van der Waals surface area contributed by atoms with Crippen molar-refractivity contribution in [3.05, 3.63) is 24.3 Å². The minimum atomic E-state index is -1.22. The smallest absolute Gasteiger partial charge is 0.249 e. The standard InChI is InChI=1S/C23H33N3O5/c1-5-8-14(2)25-12-7-10-23-18(17-16(31-23)9-6-11-24(4)20(17)28)21(29)26(15(3)13-27)19(23)22(25)30/h6-7,9-10,14-19,27H,5,8,11-13H2,1-4H3/t14?,15-,16+,17-,18+,19?,23+/m1/s1. The summed E-state index contributed by atoms with van der Waals surface area (Å²) < 4.78 is 6.50. The SMILES string of the molecule is CCCC(C)N1CC=C[C@]23O[C@H]4C=CCN(C)C(=O)[C@H]4[C@H]2C(=O)N([C@H](C)CO)C3C1=O. The molecule has 4 aliphatic heterocycles. The van der Waals surface area contributed by atoms with E-state index in [2.05, 4.69) is 6.92 Å². The van der Waals surface area contributed by atoms with Crippen molar-refractivity contribution in [1.82, 2.24) is 14.7 Å². The van der Waals surface area contributed by atoms with Crippen molar-refractivity contribution < 1.29 is 24.2 Å². The maximum atomic E-state index is 13.9. The second-order valence-electron chi connectivity index (χ2n) is 9.30. The van der Waals surface area contributed by atoms with Crippen molar-refractivity contribution in [1.29, 1.82) is 0 Å². The van der Waals surface area contributed by atoms with E-state index in [1.54, 1.807) is 23.8 Å². The summed E-state index contributed by atoms with van der Waals surface area (Å²) in [5, 5.41) is 9.89. The minimum Gasteiger partial charge on any atom is -0.394 e. The fraction of sp³-hybridized carbons (Fsp3) is 0.696. The fourth-order valence-corrected chi connectivity index (χ4v) is 5.75. The van der Waals surface area contributed by atoms with Crippen LogP contribution in [-0.4, -0.2) is 94.1 Å². The number of carbonyl (C=O) groups is 3. The molecule has 1 N–H and O–H groups in total. The average Bonchev–Trinajstić information content (AvgIpc) is 3.07. The summed E-state index contributed by atoms with van der Waals surface area (Å²) >= 11 is 0. The van der Waals surface area contributed by atoms with Gasteiger partial charge in [0.1, 0.15) is 11.6 Å². The van der Waals surface area contributed by atoms with Gasteiger partial charge >= 0.3 is 0 Å². The van der Waals surface area contributed by atoms with E-state index in [1.807, 2.05) is 31.2 Å². The Balaban J connectivity index is 1.83. The minimum absolute atomic E-state index is 0.0114. The third kappa shape index (κ3) is 3.14. The lowest BCUT2D eigenvalue weighted by Gasteiger charge is -2.39. The van der Waals surface area contributed by atoms with Crippen LogP contribution in [0.2, 0.25) is 0 Å². The predicted octanol–water partition coefficient (Wildman–Crippen LogP) is 0.563. The molecule has 0 aromatic rings. The number of rotatable bonds is 5. The molecule has 7 atom stereocenters. The van der Waals surface area contributed by atoms with Crippen LogP contribution in [0.15, 0.2) is 24.3 Å². The number of carbonyl (C=O) groups excluding carboxylic acids is 3. The van der Waals surface area contributed by atoms with Crippen LogP contribution in [0.5, 0.6) is 0 Å². The van der Waals surface area contributed by atoms with Crippen molar-refractivity contribution in [3.8, 4) is 0 Å². The van der Waals surface area contributed by atoms with Crippen LogP contribution in [0.1, 0.15) is 33.6 Å². The number of aliphatic hydroxyl groups is 1. The molecule has 2 saturated heterocycles. The van der Waals surface area contributed by atoms with E-state index < -0.39 is 35.6 Å². The molecule has 31 heavy (non-hydrogen) atoms. The highest BCUT2D eigenvalue weighted by atomic mass is 16.5. The van der Waals surface area contributed by atoms with Gasteiger partial charge in [-0.05, 0) is 20.3 Å².